The summed E-state index contributed by atoms with van der Waals surface area (Å²) >= 11 is 12.8. The van der Waals surface area contributed by atoms with Crippen LogP contribution in [0.4, 0.5) is 0 Å². The van der Waals surface area contributed by atoms with Gasteiger partial charge in [0.05, 0.1) is 22.2 Å². The predicted molar refractivity (Wildman–Crippen MR) is 99.4 cm³/mol. The molecule has 1 atom stereocenters. The fraction of sp³-hybridized carbons (Fsp3) is 0.200. The molecule has 26 heavy (non-hydrogen) atoms. The van der Waals surface area contributed by atoms with Gasteiger partial charge in [-0.1, -0.05) is 23.2 Å². The lowest BCUT2D eigenvalue weighted by molar-refractivity contribution is -0.137. The summed E-state index contributed by atoms with van der Waals surface area (Å²) in [6, 6.07) is 4.36. The highest BCUT2D eigenvalue weighted by Gasteiger charge is 2.27. The van der Waals surface area contributed by atoms with Gasteiger partial charge in [-0.05, 0) is 36.8 Å². The van der Waals surface area contributed by atoms with Crippen molar-refractivity contribution in [3.8, 4) is 0 Å². The Balaban J connectivity index is 2.44. The summed E-state index contributed by atoms with van der Waals surface area (Å²) in [5.74, 6) is -1.96. The number of nitrogens with one attached hydrogen (secondary N) is 1. The summed E-state index contributed by atoms with van der Waals surface area (Å²) < 4.78 is 27.8. The standard InChI is InChI=1S/C15H14Cl2N2O5S2/c1-7-13(6-12(25-7)15(18)22)26(23,24)19-11(5-14(20)21)8-2-9(16)4-10(17)3-8/h2-4,6,11,19H,5H2,1H3,(H2,18,22)(H,20,21). The number of thiophene rings is 1. The number of benzene rings is 1. The lowest BCUT2D eigenvalue weighted by Crippen LogP contribution is -2.30. The van der Waals surface area contributed by atoms with Crippen molar-refractivity contribution >= 4 is 56.4 Å². The van der Waals surface area contributed by atoms with Crippen molar-refractivity contribution in [3.05, 3.63) is 49.6 Å². The molecule has 2 aromatic rings. The van der Waals surface area contributed by atoms with E-state index < -0.39 is 34.4 Å². The van der Waals surface area contributed by atoms with Crippen LogP contribution in [0.2, 0.25) is 10.0 Å². The topological polar surface area (TPSA) is 127 Å². The van der Waals surface area contributed by atoms with Gasteiger partial charge in [0.2, 0.25) is 10.0 Å². The van der Waals surface area contributed by atoms with E-state index >= 15 is 0 Å². The molecule has 0 aliphatic rings. The molecule has 0 spiro atoms. The Morgan fingerprint density at radius 1 is 1.23 bits per heavy atom. The van der Waals surface area contributed by atoms with Gasteiger partial charge in [-0.3, -0.25) is 9.59 Å². The van der Waals surface area contributed by atoms with E-state index in [2.05, 4.69) is 4.72 Å². The number of aryl methyl sites for hydroxylation is 1. The zero-order valence-electron chi connectivity index (χ0n) is 13.3. The van der Waals surface area contributed by atoms with E-state index in [4.69, 9.17) is 34.0 Å². The highest BCUT2D eigenvalue weighted by molar-refractivity contribution is 7.89. The van der Waals surface area contributed by atoms with Gasteiger partial charge in [-0.25, -0.2) is 13.1 Å². The predicted octanol–water partition coefficient (Wildman–Crippen LogP) is 2.96. The van der Waals surface area contributed by atoms with Crippen LogP contribution in [0.15, 0.2) is 29.2 Å². The Bertz CT molecular complexity index is 952. The van der Waals surface area contributed by atoms with Gasteiger partial charge in [0, 0.05) is 14.9 Å². The molecule has 11 heteroatoms. The number of hydrogen-bond donors (Lipinski definition) is 3. The van der Waals surface area contributed by atoms with Crippen molar-refractivity contribution in [1.82, 2.24) is 4.72 Å². The van der Waals surface area contributed by atoms with Crippen LogP contribution in [0.1, 0.15) is 32.6 Å². The molecule has 4 N–H and O–H groups in total. The SMILES string of the molecule is Cc1sc(C(N)=O)cc1S(=O)(=O)NC(CC(=O)O)c1cc(Cl)cc(Cl)c1. The van der Waals surface area contributed by atoms with Gasteiger partial charge in [-0.2, -0.15) is 0 Å². The number of hydrogen-bond acceptors (Lipinski definition) is 5. The zero-order chi connectivity index (χ0) is 19.6. The highest BCUT2D eigenvalue weighted by Crippen LogP contribution is 2.30. The third kappa shape index (κ3) is 4.95. The maximum Gasteiger partial charge on any atom is 0.305 e. The first-order valence-electron chi connectivity index (χ1n) is 7.10. The summed E-state index contributed by atoms with van der Waals surface area (Å²) in [7, 11) is -4.12. The van der Waals surface area contributed by atoms with Crippen LogP contribution in [0.3, 0.4) is 0 Å². The first-order chi connectivity index (χ1) is 12.0. The van der Waals surface area contributed by atoms with Crippen molar-refractivity contribution < 1.29 is 23.1 Å². The maximum absolute atomic E-state index is 12.7. The Labute approximate surface area is 163 Å². The first kappa shape index (κ1) is 20.7. The molecule has 1 aromatic heterocycles. The smallest absolute Gasteiger partial charge is 0.305 e. The molecule has 1 aromatic carbocycles. The largest absolute Gasteiger partial charge is 0.481 e. The van der Waals surface area contributed by atoms with E-state index in [1.165, 1.54) is 25.1 Å². The minimum Gasteiger partial charge on any atom is -0.481 e. The van der Waals surface area contributed by atoms with E-state index in [-0.39, 0.29) is 19.8 Å². The monoisotopic (exact) mass is 436 g/mol. The molecular weight excluding hydrogens is 423 g/mol. The van der Waals surface area contributed by atoms with Crippen LogP contribution >= 0.6 is 34.5 Å². The van der Waals surface area contributed by atoms with Gasteiger partial charge < -0.3 is 10.8 Å². The second kappa shape index (κ2) is 7.93. The molecular formula is C15H14Cl2N2O5S2. The minimum absolute atomic E-state index is 0.0865. The number of carboxylic acids is 1. The molecule has 0 saturated heterocycles. The molecule has 0 fully saturated rings. The quantitative estimate of drug-likeness (QED) is 0.614. The lowest BCUT2D eigenvalue weighted by atomic mass is 10.1. The molecule has 0 radical (unpaired) electrons. The van der Waals surface area contributed by atoms with E-state index in [1.807, 2.05) is 0 Å². The summed E-state index contributed by atoms with van der Waals surface area (Å²) in [4.78, 5) is 22.7. The molecule has 0 aliphatic carbocycles. The van der Waals surface area contributed by atoms with Crippen LogP contribution < -0.4 is 10.5 Å². The van der Waals surface area contributed by atoms with Crippen LogP contribution in [0.25, 0.3) is 0 Å². The summed E-state index contributed by atoms with van der Waals surface area (Å²) in [5, 5.41) is 9.60. The zero-order valence-corrected chi connectivity index (χ0v) is 16.5. The molecule has 1 amide bonds. The fourth-order valence-corrected chi connectivity index (χ4v) is 5.49. The van der Waals surface area contributed by atoms with E-state index in [9.17, 15) is 18.0 Å². The van der Waals surface area contributed by atoms with Crippen LogP contribution in [-0.2, 0) is 14.8 Å². The minimum atomic E-state index is -4.12. The van der Waals surface area contributed by atoms with Crippen molar-refractivity contribution in [1.29, 1.82) is 0 Å². The van der Waals surface area contributed by atoms with Gasteiger partial charge in [0.1, 0.15) is 0 Å². The average Bonchev–Trinajstić information content (AvgIpc) is 2.88. The number of halogens is 2. The van der Waals surface area contributed by atoms with Gasteiger partial charge in [-0.15, -0.1) is 11.3 Å². The second-order valence-corrected chi connectivity index (χ2v) is 9.18. The molecule has 0 aliphatic heterocycles. The van der Waals surface area contributed by atoms with Crippen molar-refractivity contribution in [2.24, 2.45) is 5.73 Å². The van der Waals surface area contributed by atoms with Crippen LogP contribution in [-0.4, -0.2) is 25.4 Å². The number of amides is 1. The van der Waals surface area contributed by atoms with Crippen molar-refractivity contribution in [2.45, 2.75) is 24.3 Å². The number of aliphatic carboxylic acids is 1. The van der Waals surface area contributed by atoms with Crippen LogP contribution in [0.5, 0.6) is 0 Å². The molecule has 0 bridgehead atoms. The number of nitrogens with two attached hydrogens (primary N) is 1. The normalized spacial score (nSPS) is 12.7. The van der Waals surface area contributed by atoms with E-state index in [0.717, 1.165) is 17.4 Å². The third-order valence-electron chi connectivity index (χ3n) is 3.37. The number of carbonyl (C=O) groups is 2. The molecule has 0 saturated carbocycles. The van der Waals surface area contributed by atoms with Crippen molar-refractivity contribution in [3.63, 3.8) is 0 Å². The highest BCUT2D eigenvalue weighted by atomic mass is 35.5. The van der Waals surface area contributed by atoms with Gasteiger partial charge in [0.15, 0.2) is 0 Å². The number of primary amides is 1. The van der Waals surface area contributed by atoms with Gasteiger partial charge in [0.25, 0.3) is 5.91 Å². The van der Waals surface area contributed by atoms with E-state index in [1.54, 1.807) is 0 Å². The molecule has 7 nitrogen and oxygen atoms in total. The third-order valence-corrected chi connectivity index (χ3v) is 6.60. The maximum atomic E-state index is 12.7. The molecule has 1 heterocycles. The lowest BCUT2D eigenvalue weighted by Gasteiger charge is -2.18. The Morgan fingerprint density at radius 3 is 2.27 bits per heavy atom. The Morgan fingerprint density at radius 2 is 1.81 bits per heavy atom. The number of rotatable bonds is 7. The summed E-state index contributed by atoms with van der Waals surface area (Å²) in [6.07, 6.45) is -0.526. The molecule has 2 rings (SSSR count). The fourth-order valence-electron chi connectivity index (χ4n) is 2.28. The summed E-state index contributed by atoms with van der Waals surface area (Å²) in [5.41, 5.74) is 5.48. The average molecular weight is 437 g/mol. The number of sulfonamides is 1. The molecule has 140 valence electrons. The van der Waals surface area contributed by atoms with Crippen LogP contribution in [0, 0.1) is 6.92 Å². The Hall–Kier alpha value is -1.65. The Kier molecular flexibility index (Phi) is 6.30. The number of carboxylic acid groups (broad SMARTS) is 1. The number of carbonyl (C=O) groups excluding carboxylic acids is 1. The van der Waals surface area contributed by atoms with E-state index in [0.29, 0.717) is 10.4 Å². The summed E-state index contributed by atoms with van der Waals surface area (Å²) in [6.45, 7) is 1.52. The van der Waals surface area contributed by atoms with Gasteiger partial charge >= 0.3 is 5.97 Å². The van der Waals surface area contributed by atoms with Crippen molar-refractivity contribution in [2.75, 3.05) is 0 Å². The molecule has 1 unspecified atom stereocenters. The first-order valence-corrected chi connectivity index (χ1v) is 10.2. The second-order valence-electron chi connectivity index (χ2n) is 5.37.